The van der Waals surface area contributed by atoms with Gasteiger partial charge < -0.3 is 4.90 Å². The van der Waals surface area contributed by atoms with Gasteiger partial charge in [-0.2, -0.15) is 0 Å². The van der Waals surface area contributed by atoms with Crippen molar-refractivity contribution in [3.63, 3.8) is 0 Å². The topological polar surface area (TPSA) is 23.6 Å². The Morgan fingerprint density at radius 1 is 1.25 bits per heavy atom. The second-order valence-corrected chi connectivity index (χ2v) is 3.96. The van der Waals surface area contributed by atoms with E-state index >= 15 is 0 Å². The highest BCUT2D eigenvalue weighted by atomic mass is 35.5. The number of hydrogen-bond donors (Lipinski definition) is 0. The number of amides is 2. The van der Waals surface area contributed by atoms with E-state index in [-0.39, 0.29) is 11.8 Å². The molecule has 1 fully saturated rings. The molecule has 0 bridgehead atoms. The fraction of sp³-hybridized carbons (Fsp3) is 0.364. The van der Waals surface area contributed by atoms with Crippen molar-refractivity contribution >= 4 is 23.3 Å². The average molecular weight is 243 g/mol. The largest absolute Gasteiger partial charge is 0.324 e. The molecule has 0 saturated carbocycles. The SMILES string of the molecule is O=C1N(CCCl)CCN1c1ccc(F)cc1. The van der Waals surface area contributed by atoms with Gasteiger partial charge in [0.2, 0.25) is 0 Å². The summed E-state index contributed by atoms with van der Waals surface area (Å²) in [6.45, 7) is 1.85. The van der Waals surface area contributed by atoms with Crippen molar-refractivity contribution in [2.75, 3.05) is 30.4 Å². The zero-order valence-corrected chi connectivity index (χ0v) is 9.45. The van der Waals surface area contributed by atoms with Crippen LogP contribution in [0.5, 0.6) is 0 Å². The molecule has 16 heavy (non-hydrogen) atoms. The number of alkyl halides is 1. The fourth-order valence-electron chi connectivity index (χ4n) is 1.75. The van der Waals surface area contributed by atoms with Crippen molar-refractivity contribution < 1.29 is 9.18 Å². The van der Waals surface area contributed by atoms with Gasteiger partial charge in [-0.25, -0.2) is 9.18 Å². The Bertz CT molecular complexity index is 382. The molecule has 0 spiro atoms. The molecule has 86 valence electrons. The molecule has 1 aromatic carbocycles. The van der Waals surface area contributed by atoms with Crippen molar-refractivity contribution in [3.8, 4) is 0 Å². The van der Waals surface area contributed by atoms with Gasteiger partial charge in [0, 0.05) is 31.2 Å². The van der Waals surface area contributed by atoms with Crippen molar-refractivity contribution in [2.45, 2.75) is 0 Å². The maximum Gasteiger partial charge on any atom is 0.324 e. The van der Waals surface area contributed by atoms with E-state index in [9.17, 15) is 9.18 Å². The summed E-state index contributed by atoms with van der Waals surface area (Å²) in [7, 11) is 0. The van der Waals surface area contributed by atoms with Crippen LogP contribution in [-0.4, -0.2) is 36.4 Å². The molecular formula is C11H12ClFN2O. The Hall–Kier alpha value is -1.29. The molecule has 0 aliphatic carbocycles. The summed E-state index contributed by atoms with van der Waals surface area (Å²) in [5, 5.41) is 0. The first kappa shape index (κ1) is 11.2. The minimum Gasteiger partial charge on any atom is -0.321 e. The van der Waals surface area contributed by atoms with E-state index < -0.39 is 0 Å². The van der Waals surface area contributed by atoms with E-state index in [1.54, 1.807) is 21.9 Å². The Morgan fingerprint density at radius 3 is 2.56 bits per heavy atom. The Kier molecular flexibility index (Phi) is 3.29. The second-order valence-electron chi connectivity index (χ2n) is 3.59. The first-order valence-electron chi connectivity index (χ1n) is 5.10. The van der Waals surface area contributed by atoms with Crippen molar-refractivity contribution in [2.24, 2.45) is 0 Å². The van der Waals surface area contributed by atoms with Crippen LogP contribution in [0, 0.1) is 5.82 Å². The molecule has 1 saturated heterocycles. The maximum atomic E-state index is 12.7. The van der Waals surface area contributed by atoms with Gasteiger partial charge in [-0.3, -0.25) is 4.90 Å². The van der Waals surface area contributed by atoms with Gasteiger partial charge in [-0.15, -0.1) is 11.6 Å². The molecule has 0 unspecified atom stereocenters. The van der Waals surface area contributed by atoms with Crippen LogP contribution in [0.3, 0.4) is 0 Å². The van der Waals surface area contributed by atoms with E-state index in [2.05, 4.69) is 0 Å². The first-order valence-corrected chi connectivity index (χ1v) is 5.64. The highest BCUT2D eigenvalue weighted by Crippen LogP contribution is 2.20. The van der Waals surface area contributed by atoms with Gasteiger partial charge in [0.15, 0.2) is 0 Å². The van der Waals surface area contributed by atoms with Crippen LogP contribution in [0.2, 0.25) is 0 Å². The molecule has 1 aromatic rings. The number of urea groups is 1. The monoisotopic (exact) mass is 242 g/mol. The summed E-state index contributed by atoms with van der Waals surface area (Å²) in [6.07, 6.45) is 0. The number of benzene rings is 1. The predicted octanol–water partition coefficient (Wildman–Crippen LogP) is 2.31. The van der Waals surface area contributed by atoms with Crippen molar-refractivity contribution in [1.29, 1.82) is 0 Å². The first-order chi connectivity index (χ1) is 7.72. The number of halogens is 2. The summed E-state index contributed by atoms with van der Waals surface area (Å²) in [5.74, 6) is 0.135. The lowest BCUT2D eigenvalue weighted by Gasteiger charge is -2.17. The predicted molar refractivity (Wildman–Crippen MR) is 61.4 cm³/mol. The van der Waals surface area contributed by atoms with Crippen LogP contribution in [0.25, 0.3) is 0 Å². The molecule has 3 nitrogen and oxygen atoms in total. The van der Waals surface area contributed by atoms with Crippen LogP contribution in [0.4, 0.5) is 14.9 Å². The highest BCUT2D eigenvalue weighted by molar-refractivity contribution is 6.18. The number of rotatable bonds is 3. The molecule has 2 rings (SSSR count). The van der Waals surface area contributed by atoms with E-state index in [1.165, 1.54) is 12.1 Å². The smallest absolute Gasteiger partial charge is 0.321 e. The van der Waals surface area contributed by atoms with E-state index in [1.807, 2.05) is 0 Å². The van der Waals surface area contributed by atoms with Crippen molar-refractivity contribution in [3.05, 3.63) is 30.1 Å². The van der Waals surface area contributed by atoms with Gasteiger partial charge in [-0.1, -0.05) is 0 Å². The summed E-state index contributed by atoms with van der Waals surface area (Å²) in [4.78, 5) is 15.2. The van der Waals surface area contributed by atoms with Gasteiger partial charge >= 0.3 is 6.03 Å². The minimum atomic E-state index is -0.298. The summed E-state index contributed by atoms with van der Waals surface area (Å²) < 4.78 is 12.7. The number of carbonyl (C=O) groups is 1. The Labute approximate surface area is 98.4 Å². The molecule has 1 heterocycles. The lowest BCUT2D eigenvalue weighted by atomic mass is 10.3. The van der Waals surface area contributed by atoms with Crippen LogP contribution in [-0.2, 0) is 0 Å². The lowest BCUT2D eigenvalue weighted by Crippen LogP contribution is -2.32. The van der Waals surface area contributed by atoms with Gasteiger partial charge in [-0.05, 0) is 24.3 Å². The third-order valence-corrected chi connectivity index (χ3v) is 2.76. The Balaban J connectivity index is 2.12. The zero-order valence-electron chi connectivity index (χ0n) is 8.70. The molecule has 5 heteroatoms. The third-order valence-electron chi connectivity index (χ3n) is 2.59. The Morgan fingerprint density at radius 2 is 1.94 bits per heavy atom. The van der Waals surface area contributed by atoms with Gasteiger partial charge in [0.1, 0.15) is 5.82 Å². The number of nitrogens with zero attached hydrogens (tertiary/aromatic N) is 2. The molecule has 0 N–H and O–H groups in total. The minimum absolute atomic E-state index is 0.0627. The standard InChI is InChI=1S/C11H12ClFN2O/c12-5-6-14-7-8-15(11(14)16)10-3-1-9(13)2-4-10/h1-4H,5-8H2. The van der Waals surface area contributed by atoms with E-state index in [4.69, 9.17) is 11.6 Å². The molecule has 0 radical (unpaired) electrons. The molecule has 2 amide bonds. The van der Waals surface area contributed by atoms with Gasteiger partial charge in [0.05, 0.1) is 0 Å². The van der Waals surface area contributed by atoms with Crippen LogP contribution >= 0.6 is 11.6 Å². The second kappa shape index (κ2) is 4.70. The molecule has 1 aliphatic heterocycles. The zero-order chi connectivity index (χ0) is 11.5. The molecule has 0 atom stereocenters. The van der Waals surface area contributed by atoms with E-state index in [0.29, 0.717) is 25.5 Å². The fourth-order valence-corrected chi connectivity index (χ4v) is 1.96. The molecule has 0 aromatic heterocycles. The average Bonchev–Trinajstić information content (AvgIpc) is 2.63. The third kappa shape index (κ3) is 2.11. The summed E-state index contributed by atoms with van der Waals surface area (Å²) in [6, 6.07) is 5.86. The number of anilines is 1. The highest BCUT2D eigenvalue weighted by Gasteiger charge is 2.28. The van der Waals surface area contributed by atoms with Crippen LogP contribution in [0.15, 0.2) is 24.3 Å². The van der Waals surface area contributed by atoms with Crippen LogP contribution in [0.1, 0.15) is 0 Å². The van der Waals surface area contributed by atoms with E-state index in [0.717, 1.165) is 5.69 Å². The maximum absolute atomic E-state index is 12.7. The number of carbonyl (C=O) groups excluding carboxylic acids is 1. The lowest BCUT2D eigenvalue weighted by molar-refractivity contribution is 0.223. The quantitative estimate of drug-likeness (QED) is 0.746. The molecule has 1 aliphatic rings. The summed E-state index contributed by atoms with van der Waals surface area (Å²) in [5.41, 5.74) is 0.725. The normalized spacial score (nSPS) is 16.0. The van der Waals surface area contributed by atoms with Gasteiger partial charge in [0.25, 0.3) is 0 Å². The van der Waals surface area contributed by atoms with Crippen LogP contribution < -0.4 is 4.90 Å². The van der Waals surface area contributed by atoms with Crippen molar-refractivity contribution in [1.82, 2.24) is 4.90 Å². The molecular weight excluding hydrogens is 231 g/mol. The summed E-state index contributed by atoms with van der Waals surface area (Å²) >= 11 is 5.60. The number of hydrogen-bond acceptors (Lipinski definition) is 1.